The molecule has 1 aliphatic heterocycles. The van der Waals surface area contributed by atoms with Gasteiger partial charge in [0.15, 0.2) is 0 Å². The number of thioether (sulfide) groups is 1. The highest BCUT2D eigenvalue weighted by Crippen LogP contribution is 2.31. The Morgan fingerprint density at radius 1 is 1.33 bits per heavy atom. The Morgan fingerprint density at radius 3 is 2.62 bits per heavy atom. The summed E-state index contributed by atoms with van der Waals surface area (Å²) in [6, 6.07) is 6.15. The molecule has 1 saturated heterocycles. The average Bonchev–Trinajstić information content (AvgIpc) is 2.84. The minimum absolute atomic E-state index is 0.157. The van der Waals surface area contributed by atoms with E-state index >= 15 is 0 Å². The number of carbonyl (C=O) groups is 1. The van der Waals surface area contributed by atoms with Crippen molar-refractivity contribution < 1.29 is 18.3 Å². The van der Waals surface area contributed by atoms with Gasteiger partial charge in [-0.25, -0.2) is 13.1 Å². The van der Waals surface area contributed by atoms with Crippen LogP contribution in [0.2, 0.25) is 0 Å². The second kappa shape index (κ2) is 8.33. The van der Waals surface area contributed by atoms with Crippen LogP contribution in [-0.2, 0) is 14.8 Å². The summed E-state index contributed by atoms with van der Waals surface area (Å²) in [6.07, 6.45) is 2.38. The molecule has 0 saturated carbocycles. The molecule has 2 rings (SSSR count). The summed E-state index contributed by atoms with van der Waals surface area (Å²) in [7, 11) is -3.57. The Bertz CT molecular complexity index is 661. The van der Waals surface area contributed by atoms with Crippen molar-refractivity contribution in [2.24, 2.45) is 5.73 Å². The van der Waals surface area contributed by atoms with Crippen LogP contribution in [0.4, 0.5) is 0 Å². The van der Waals surface area contributed by atoms with Crippen LogP contribution < -0.4 is 10.5 Å². The molecule has 4 N–H and O–H groups in total. The Kier molecular flexibility index (Phi) is 6.68. The highest BCUT2D eigenvalue weighted by atomic mass is 32.2. The molecule has 6 nitrogen and oxygen atoms in total. The first-order valence-corrected chi connectivity index (χ1v) is 10.5. The number of carboxylic acid groups (broad SMARTS) is 1. The van der Waals surface area contributed by atoms with Crippen molar-refractivity contribution in [3.05, 3.63) is 29.8 Å². The molecule has 1 fully saturated rings. The summed E-state index contributed by atoms with van der Waals surface area (Å²) < 4.78 is 27.6. The van der Waals surface area contributed by atoms with Crippen LogP contribution in [0, 0.1) is 6.92 Å². The molecule has 0 amide bonds. The van der Waals surface area contributed by atoms with Gasteiger partial charge >= 0.3 is 5.97 Å². The van der Waals surface area contributed by atoms with E-state index in [-0.39, 0.29) is 28.6 Å². The molecule has 0 bridgehead atoms. The maximum atomic E-state index is 12.4. The maximum Gasteiger partial charge on any atom is 0.303 e. The first-order valence-electron chi connectivity index (χ1n) is 7.97. The summed E-state index contributed by atoms with van der Waals surface area (Å²) >= 11 is 1.66. The molecular formula is C16H24N2O4S2. The summed E-state index contributed by atoms with van der Waals surface area (Å²) in [6.45, 7) is 1.91. The van der Waals surface area contributed by atoms with Gasteiger partial charge in [0.1, 0.15) is 0 Å². The van der Waals surface area contributed by atoms with Gasteiger partial charge in [-0.1, -0.05) is 24.1 Å². The number of unbranched alkanes of at least 4 members (excludes halogenated alkanes) is 1. The third kappa shape index (κ3) is 5.20. The zero-order chi connectivity index (χ0) is 17.7. The normalized spacial score (nSPS) is 24.2. The number of hydrogen-bond donors (Lipinski definition) is 3. The molecule has 0 aromatic heterocycles. The van der Waals surface area contributed by atoms with Gasteiger partial charge in [0.25, 0.3) is 0 Å². The number of aryl methyl sites for hydroxylation is 1. The van der Waals surface area contributed by atoms with Gasteiger partial charge in [-0.2, -0.15) is 11.8 Å². The predicted molar refractivity (Wildman–Crippen MR) is 95.6 cm³/mol. The lowest BCUT2D eigenvalue weighted by Gasteiger charge is -2.20. The van der Waals surface area contributed by atoms with Crippen LogP contribution >= 0.6 is 11.8 Å². The number of carboxylic acids is 1. The molecule has 1 unspecified atom stereocenters. The fraction of sp³-hybridized carbons (Fsp3) is 0.562. The van der Waals surface area contributed by atoms with Crippen molar-refractivity contribution in [2.45, 2.75) is 54.8 Å². The topological polar surface area (TPSA) is 109 Å². The third-order valence-corrected chi connectivity index (χ3v) is 7.19. The first kappa shape index (κ1) is 19.2. The highest BCUT2D eigenvalue weighted by molar-refractivity contribution is 8.00. The summed E-state index contributed by atoms with van der Waals surface area (Å²) in [5.41, 5.74) is 7.21. The van der Waals surface area contributed by atoms with Gasteiger partial charge < -0.3 is 10.8 Å². The van der Waals surface area contributed by atoms with Gasteiger partial charge in [-0.3, -0.25) is 4.79 Å². The van der Waals surface area contributed by atoms with Gasteiger partial charge in [0.2, 0.25) is 10.0 Å². The zero-order valence-electron chi connectivity index (χ0n) is 13.6. The number of nitrogens with two attached hydrogens (primary N) is 1. The molecule has 3 atom stereocenters. The van der Waals surface area contributed by atoms with Crippen LogP contribution in [0.5, 0.6) is 0 Å². The fourth-order valence-corrected chi connectivity index (χ4v) is 5.58. The predicted octanol–water partition coefficient (Wildman–Crippen LogP) is 1.73. The SMILES string of the molecule is Cc1ccc(S(=O)(=O)NC2CS[C@@H](CCCCC(=O)O)[C@H]2N)cc1. The molecule has 1 aliphatic rings. The van der Waals surface area contributed by atoms with Crippen LogP contribution in [-0.4, -0.2) is 42.6 Å². The van der Waals surface area contributed by atoms with E-state index in [1.54, 1.807) is 36.0 Å². The van der Waals surface area contributed by atoms with E-state index in [0.29, 0.717) is 12.2 Å². The number of aliphatic carboxylic acids is 1. The van der Waals surface area contributed by atoms with E-state index in [4.69, 9.17) is 10.8 Å². The molecule has 0 radical (unpaired) electrons. The van der Waals surface area contributed by atoms with E-state index < -0.39 is 16.0 Å². The molecule has 0 aliphatic carbocycles. The van der Waals surface area contributed by atoms with Crippen molar-refractivity contribution in [1.29, 1.82) is 0 Å². The van der Waals surface area contributed by atoms with Crippen molar-refractivity contribution >= 4 is 27.8 Å². The van der Waals surface area contributed by atoms with E-state index in [9.17, 15) is 13.2 Å². The van der Waals surface area contributed by atoms with Crippen LogP contribution in [0.25, 0.3) is 0 Å². The van der Waals surface area contributed by atoms with Gasteiger partial charge in [-0.15, -0.1) is 0 Å². The van der Waals surface area contributed by atoms with Crippen LogP contribution in [0.1, 0.15) is 31.2 Å². The second-order valence-electron chi connectivity index (χ2n) is 6.13. The van der Waals surface area contributed by atoms with Crippen molar-refractivity contribution in [3.63, 3.8) is 0 Å². The smallest absolute Gasteiger partial charge is 0.303 e. The quantitative estimate of drug-likeness (QED) is 0.600. The number of hydrogen-bond acceptors (Lipinski definition) is 5. The van der Waals surface area contributed by atoms with Crippen LogP contribution in [0.15, 0.2) is 29.2 Å². The molecule has 1 aromatic carbocycles. The Hall–Kier alpha value is -1.09. The largest absolute Gasteiger partial charge is 0.481 e. The Morgan fingerprint density at radius 2 is 2.00 bits per heavy atom. The molecule has 24 heavy (non-hydrogen) atoms. The second-order valence-corrected chi connectivity index (χ2v) is 9.12. The average molecular weight is 373 g/mol. The summed E-state index contributed by atoms with van der Waals surface area (Å²) in [4.78, 5) is 10.8. The monoisotopic (exact) mass is 372 g/mol. The molecular weight excluding hydrogens is 348 g/mol. The Labute approximate surface area is 147 Å². The minimum atomic E-state index is -3.57. The number of sulfonamides is 1. The zero-order valence-corrected chi connectivity index (χ0v) is 15.3. The van der Waals surface area contributed by atoms with Crippen LogP contribution in [0.3, 0.4) is 0 Å². The molecule has 134 valence electrons. The lowest BCUT2D eigenvalue weighted by atomic mass is 10.0. The fourth-order valence-electron chi connectivity index (χ4n) is 2.70. The molecule has 8 heteroatoms. The lowest BCUT2D eigenvalue weighted by molar-refractivity contribution is -0.137. The first-order chi connectivity index (χ1) is 11.3. The van der Waals surface area contributed by atoms with E-state index in [1.165, 1.54) is 0 Å². The highest BCUT2D eigenvalue weighted by Gasteiger charge is 2.36. The van der Waals surface area contributed by atoms with E-state index in [0.717, 1.165) is 18.4 Å². The molecule has 1 aromatic rings. The number of benzene rings is 1. The third-order valence-electron chi connectivity index (χ3n) is 4.15. The van der Waals surface area contributed by atoms with Gasteiger partial charge in [0.05, 0.1) is 4.90 Å². The minimum Gasteiger partial charge on any atom is -0.481 e. The lowest BCUT2D eigenvalue weighted by Crippen LogP contribution is -2.48. The molecule has 1 heterocycles. The summed E-state index contributed by atoms with van der Waals surface area (Å²) in [5.74, 6) is -0.155. The van der Waals surface area contributed by atoms with E-state index in [2.05, 4.69) is 4.72 Å². The number of rotatable bonds is 8. The van der Waals surface area contributed by atoms with Crippen molar-refractivity contribution in [3.8, 4) is 0 Å². The number of nitrogens with one attached hydrogen (secondary N) is 1. The molecule has 0 spiro atoms. The van der Waals surface area contributed by atoms with Gasteiger partial charge in [-0.05, 0) is 31.9 Å². The Balaban J connectivity index is 1.89. The maximum absolute atomic E-state index is 12.4. The van der Waals surface area contributed by atoms with Crippen molar-refractivity contribution in [1.82, 2.24) is 4.72 Å². The van der Waals surface area contributed by atoms with Crippen molar-refractivity contribution in [2.75, 3.05) is 5.75 Å². The standard InChI is InChI=1S/C16H24N2O4S2/c1-11-6-8-12(9-7-11)24(21,22)18-13-10-23-14(16(13)17)4-2-3-5-15(19)20/h6-9,13-14,16,18H,2-5,10,17H2,1H3,(H,19,20)/t13?,14-,16-/m0/s1. The van der Waals surface area contributed by atoms with E-state index in [1.807, 2.05) is 6.92 Å². The van der Waals surface area contributed by atoms with Gasteiger partial charge in [0, 0.05) is 29.5 Å². The summed E-state index contributed by atoms with van der Waals surface area (Å²) in [5, 5.41) is 8.80.